The number of fused-ring (bicyclic) bond motifs is 1. The van der Waals surface area contributed by atoms with Crippen LogP contribution in [0.2, 0.25) is 0 Å². The Labute approximate surface area is 111 Å². The summed E-state index contributed by atoms with van der Waals surface area (Å²) in [7, 11) is 0. The topological polar surface area (TPSA) is 85.2 Å². The van der Waals surface area contributed by atoms with Gasteiger partial charge in [-0.3, -0.25) is 0 Å². The van der Waals surface area contributed by atoms with Crippen LogP contribution in [0.1, 0.15) is 32.1 Å². The van der Waals surface area contributed by atoms with Gasteiger partial charge in [-0.15, -0.1) is 14.8 Å². The molecular formula is C12H19N7. The van der Waals surface area contributed by atoms with E-state index in [1.54, 1.807) is 0 Å². The molecule has 1 aliphatic carbocycles. The fourth-order valence-corrected chi connectivity index (χ4v) is 2.81. The number of anilines is 1. The van der Waals surface area contributed by atoms with E-state index in [0.717, 1.165) is 12.4 Å². The molecule has 1 aliphatic rings. The summed E-state index contributed by atoms with van der Waals surface area (Å²) < 4.78 is 1.47. The Bertz CT molecular complexity index is 532. The second-order valence-corrected chi connectivity index (χ2v) is 4.99. The Kier molecular flexibility index (Phi) is 3.54. The Balaban J connectivity index is 1.88. The lowest BCUT2D eigenvalue weighted by molar-refractivity contribution is 0.412. The third-order valence-electron chi connectivity index (χ3n) is 3.74. The summed E-state index contributed by atoms with van der Waals surface area (Å²) in [6.07, 6.45) is 6.36. The van der Waals surface area contributed by atoms with Gasteiger partial charge >= 0.3 is 0 Å². The van der Waals surface area contributed by atoms with E-state index >= 15 is 0 Å². The molecule has 0 aliphatic heterocycles. The minimum atomic E-state index is 0.540. The molecule has 0 spiro atoms. The molecule has 0 atom stereocenters. The van der Waals surface area contributed by atoms with Crippen molar-refractivity contribution < 1.29 is 0 Å². The number of nitrogens with two attached hydrogens (primary N) is 1. The van der Waals surface area contributed by atoms with Gasteiger partial charge in [-0.1, -0.05) is 19.3 Å². The molecular weight excluding hydrogens is 242 g/mol. The van der Waals surface area contributed by atoms with Crippen molar-refractivity contribution in [2.45, 2.75) is 38.1 Å². The van der Waals surface area contributed by atoms with Crippen LogP contribution in [-0.2, 0) is 0 Å². The highest BCUT2D eigenvalue weighted by Gasteiger charge is 2.22. The van der Waals surface area contributed by atoms with Crippen molar-refractivity contribution in [1.82, 2.24) is 25.3 Å². The Morgan fingerprint density at radius 3 is 2.89 bits per heavy atom. The third-order valence-corrected chi connectivity index (χ3v) is 3.74. The SMILES string of the molecule is NCCN(c1ccc2nnnn2n1)C1CCCCC1. The molecule has 1 fully saturated rings. The van der Waals surface area contributed by atoms with Crippen LogP contribution in [0.3, 0.4) is 0 Å². The number of hydrogen-bond donors (Lipinski definition) is 1. The van der Waals surface area contributed by atoms with Crippen molar-refractivity contribution in [2.75, 3.05) is 18.0 Å². The summed E-state index contributed by atoms with van der Waals surface area (Å²) in [5, 5.41) is 15.8. The lowest BCUT2D eigenvalue weighted by Gasteiger charge is -2.34. The fraction of sp³-hybridized carbons (Fsp3) is 0.667. The summed E-state index contributed by atoms with van der Waals surface area (Å²) in [5.41, 5.74) is 6.42. The normalized spacial score (nSPS) is 16.9. The fourth-order valence-electron chi connectivity index (χ4n) is 2.81. The zero-order valence-electron chi connectivity index (χ0n) is 10.9. The second-order valence-electron chi connectivity index (χ2n) is 4.99. The summed E-state index contributed by atoms with van der Waals surface area (Å²) in [6, 6.07) is 4.42. The van der Waals surface area contributed by atoms with Crippen LogP contribution in [0.4, 0.5) is 5.82 Å². The van der Waals surface area contributed by atoms with Crippen molar-refractivity contribution >= 4 is 11.5 Å². The first-order valence-corrected chi connectivity index (χ1v) is 6.90. The third kappa shape index (κ3) is 2.51. The minimum absolute atomic E-state index is 0.540. The highest BCUT2D eigenvalue weighted by molar-refractivity contribution is 5.45. The number of rotatable bonds is 4. The number of hydrogen-bond acceptors (Lipinski definition) is 6. The quantitative estimate of drug-likeness (QED) is 0.868. The Hall–Kier alpha value is -1.76. The first-order chi connectivity index (χ1) is 9.38. The molecule has 1 saturated carbocycles. The minimum Gasteiger partial charge on any atom is -0.351 e. The first-order valence-electron chi connectivity index (χ1n) is 6.90. The van der Waals surface area contributed by atoms with Crippen molar-refractivity contribution in [1.29, 1.82) is 0 Å². The van der Waals surface area contributed by atoms with E-state index in [4.69, 9.17) is 5.73 Å². The summed E-state index contributed by atoms with van der Waals surface area (Å²) in [6.45, 7) is 1.46. The molecule has 0 radical (unpaired) electrons. The Morgan fingerprint density at radius 2 is 2.11 bits per heavy atom. The monoisotopic (exact) mass is 261 g/mol. The second kappa shape index (κ2) is 5.48. The van der Waals surface area contributed by atoms with E-state index in [2.05, 4.69) is 25.5 Å². The van der Waals surface area contributed by atoms with E-state index in [1.807, 2.05) is 12.1 Å². The van der Waals surface area contributed by atoms with Crippen LogP contribution >= 0.6 is 0 Å². The van der Waals surface area contributed by atoms with Crippen LogP contribution in [0.25, 0.3) is 5.65 Å². The predicted octanol–water partition coefficient (Wildman–Crippen LogP) is 0.617. The van der Waals surface area contributed by atoms with E-state index in [1.165, 1.54) is 36.7 Å². The van der Waals surface area contributed by atoms with Gasteiger partial charge in [0.25, 0.3) is 0 Å². The van der Waals surface area contributed by atoms with E-state index in [0.29, 0.717) is 18.2 Å². The molecule has 0 unspecified atom stereocenters. The van der Waals surface area contributed by atoms with Crippen molar-refractivity contribution in [3.8, 4) is 0 Å². The molecule has 0 amide bonds. The molecule has 19 heavy (non-hydrogen) atoms. The molecule has 0 bridgehead atoms. The molecule has 7 heteroatoms. The van der Waals surface area contributed by atoms with Gasteiger partial charge in [-0.2, -0.15) is 0 Å². The molecule has 0 aromatic carbocycles. The van der Waals surface area contributed by atoms with Gasteiger partial charge in [0.1, 0.15) is 0 Å². The van der Waals surface area contributed by atoms with Crippen molar-refractivity contribution in [2.24, 2.45) is 5.73 Å². The van der Waals surface area contributed by atoms with Crippen molar-refractivity contribution in [3.05, 3.63) is 12.1 Å². The molecule has 2 heterocycles. The first kappa shape index (κ1) is 12.3. The average molecular weight is 261 g/mol. The molecule has 2 aromatic heterocycles. The lowest BCUT2D eigenvalue weighted by atomic mass is 9.94. The van der Waals surface area contributed by atoms with E-state index in [-0.39, 0.29) is 0 Å². The molecule has 7 nitrogen and oxygen atoms in total. The summed E-state index contributed by atoms with van der Waals surface area (Å²) in [4.78, 5) is 2.31. The summed E-state index contributed by atoms with van der Waals surface area (Å²) >= 11 is 0. The van der Waals surface area contributed by atoms with Crippen molar-refractivity contribution in [3.63, 3.8) is 0 Å². The van der Waals surface area contributed by atoms with Gasteiger partial charge in [0.15, 0.2) is 11.5 Å². The number of aromatic nitrogens is 5. The molecule has 0 saturated heterocycles. The van der Waals surface area contributed by atoms with Crippen LogP contribution in [0.5, 0.6) is 0 Å². The molecule has 2 aromatic rings. The maximum atomic E-state index is 5.75. The van der Waals surface area contributed by atoms with Crippen LogP contribution < -0.4 is 10.6 Å². The Morgan fingerprint density at radius 1 is 1.26 bits per heavy atom. The smallest absolute Gasteiger partial charge is 0.200 e. The highest BCUT2D eigenvalue weighted by atomic mass is 15.6. The standard InChI is InChI=1S/C12H19N7/c13-8-9-18(10-4-2-1-3-5-10)12-7-6-11-14-16-17-19(11)15-12/h6-7,10H,1-5,8-9,13H2. The van der Waals surface area contributed by atoms with Gasteiger partial charge in [-0.05, 0) is 35.4 Å². The van der Waals surface area contributed by atoms with Crippen LogP contribution in [-0.4, -0.2) is 44.4 Å². The maximum Gasteiger partial charge on any atom is 0.200 e. The van der Waals surface area contributed by atoms with Crippen LogP contribution in [0, 0.1) is 0 Å². The van der Waals surface area contributed by atoms with Gasteiger partial charge < -0.3 is 10.6 Å². The molecule has 102 valence electrons. The average Bonchev–Trinajstić information content (AvgIpc) is 2.93. The molecule has 3 rings (SSSR count). The van der Waals surface area contributed by atoms with Gasteiger partial charge in [0.05, 0.1) is 0 Å². The summed E-state index contributed by atoms with van der Waals surface area (Å²) in [5.74, 6) is 0.914. The number of nitrogens with zero attached hydrogens (tertiary/aromatic N) is 6. The predicted molar refractivity (Wildman–Crippen MR) is 71.9 cm³/mol. The molecule has 2 N–H and O–H groups in total. The van der Waals surface area contributed by atoms with E-state index < -0.39 is 0 Å². The van der Waals surface area contributed by atoms with Gasteiger partial charge in [0.2, 0.25) is 0 Å². The zero-order chi connectivity index (χ0) is 13.1. The number of tetrazole rings is 1. The van der Waals surface area contributed by atoms with Gasteiger partial charge in [0, 0.05) is 19.1 Å². The maximum absolute atomic E-state index is 5.75. The largest absolute Gasteiger partial charge is 0.351 e. The van der Waals surface area contributed by atoms with Gasteiger partial charge in [-0.25, -0.2) is 0 Å². The lowest BCUT2D eigenvalue weighted by Crippen LogP contribution is -2.40. The van der Waals surface area contributed by atoms with Crippen LogP contribution in [0.15, 0.2) is 12.1 Å². The highest BCUT2D eigenvalue weighted by Crippen LogP contribution is 2.25. The zero-order valence-corrected chi connectivity index (χ0v) is 10.9. The van der Waals surface area contributed by atoms with E-state index in [9.17, 15) is 0 Å².